The summed E-state index contributed by atoms with van der Waals surface area (Å²) in [7, 11) is -3.10. The highest BCUT2D eigenvalue weighted by Gasteiger charge is 2.40. The Kier molecular flexibility index (Phi) is 6.62. The third-order valence-corrected chi connectivity index (χ3v) is 7.75. The van der Waals surface area contributed by atoms with E-state index >= 15 is 0 Å². The van der Waals surface area contributed by atoms with Gasteiger partial charge in [-0.2, -0.15) is 18.2 Å². The Labute approximate surface area is 200 Å². The summed E-state index contributed by atoms with van der Waals surface area (Å²) in [5.41, 5.74) is 0.389. The van der Waals surface area contributed by atoms with Crippen LogP contribution in [0.5, 0.6) is 0 Å². The number of piperidine rings is 1. The molecule has 2 unspecified atom stereocenters. The molecular weight excluding hydrogens is 487 g/mol. The monoisotopic (exact) mass is 513 g/mol. The second-order valence-electron chi connectivity index (χ2n) is 8.67. The highest BCUT2D eigenvalue weighted by molar-refractivity contribution is 7.91. The minimum Gasteiger partial charge on any atom is -0.385 e. The maximum atomic E-state index is 13.5. The van der Waals surface area contributed by atoms with Gasteiger partial charge in [0, 0.05) is 31.6 Å². The number of anilines is 3. The first-order valence-corrected chi connectivity index (χ1v) is 13.0. The van der Waals surface area contributed by atoms with Crippen molar-refractivity contribution in [3.8, 4) is 0 Å². The zero-order valence-electron chi connectivity index (χ0n) is 19.4. The van der Waals surface area contributed by atoms with Crippen LogP contribution in [0.25, 0.3) is 11.0 Å². The second kappa shape index (κ2) is 9.22. The summed E-state index contributed by atoms with van der Waals surface area (Å²) in [6.07, 6.45) is -0.686. The lowest BCUT2D eigenvalue weighted by atomic mass is 10.1. The van der Waals surface area contributed by atoms with Gasteiger partial charge in [-0.15, -0.1) is 0 Å². The molecule has 4 rings (SSSR count). The summed E-state index contributed by atoms with van der Waals surface area (Å²) >= 11 is 0. The molecule has 10 nitrogen and oxygen atoms in total. The van der Waals surface area contributed by atoms with E-state index in [-0.39, 0.29) is 27.9 Å². The van der Waals surface area contributed by atoms with E-state index in [1.165, 1.54) is 31.6 Å². The molecule has 0 aromatic carbocycles. The minimum absolute atomic E-state index is 0.106. The maximum absolute atomic E-state index is 13.5. The molecule has 2 atom stereocenters. The van der Waals surface area contributed by atoms with Crippen LogP contribution in [-0.2, 0) is 9.84 Å². The Morgan fingerprint density at radius 2 is 1.83 bits per heavy atom. The van der Waals surface area contributed by atoms with Gasteiger partial charge in [-0.05, 0) is 32.8 Å². The fraction of sp³-hybridized carbons (Fsp3) is 0.524. The Morgan fingerprint density at radius 1 is 1.14 bits per heavy atom. The number of pyridine rings is 1. The molecule has 3 aromatic rings. The molecule has 4 heterocycles. The van der Waals surface area contributed by atoms with Crippen LogP contribution in [0, 0.1) is 0 Å². The van der Waals surface area contributed by atoms with Crippen LogP contribution in [-0.4, -0.2) is 68.8 Å². The van der Waals surface area contributed by atoms with Gasteiger partial charge < -0.3 is 19.9 Å². The van der Waals surface area contributed by atoms with E-state index in [0.717, 1.165) is 11.5 Å². The SMILES string of the molecule is CC(O)c1nc2cnc(Nc3ccnc(N4CCC(S(C)(=O)=O)CC4)n3)cc2n1C(C)C(F)(F)F. The molecule has 0 saturated carbocycles. The zero-order chi connectivity index (χ0) is 25.5. The van der Waals surface area contributed by atoms with E-state index in [2.05, 4.69) is 25.3 Å². The van der Waals surface area contributed by atoms with Gasteiger partial charge in [0.2, 0.25) is 5.95 Å². The Morgan fingerprint density at radius 3 is 2.43 bits per heavy atom. The van der Waals surface area contributed by atoms with Crippen LogP contribution in [0.3, 0.4) is 0 Å². The quantitative estimate of drug-likeness (QED) is 0.511. The molecular formula is C21H26F3N7O3S. The van der Waals surface area contributed by atoms with Crippen molar-refractivity contribution in [1.82, 2.24) is 24.5 Å². The Bertz CT molecular complexity index is 1320. The van der Waals surface area contributed by atoms with Crippen LogP contribution in [0.1, 0.15) is 44.7 Å². The van der Waals surface area contributed by atoms with Gasteiger partial charge in [-0.1, -0.05) is 0 Å². The Balaban J connectivity index is 1.60. The molecule has 14 heteroatoms. The smallest absolute Gasteiger partial charge is 0.385 e. The van der Waals surface area contributed by atoms with Crippen molar-refractivity contribution < 1.29 is 26.7 Å². The summed E-state index contributed by atoms with van der Waals surface area (Å²) < 4.78 is 65.1. The van der Waals surface area contributed by atoms with E-state index in [4.69, 9.17) is 0 Å². The van der Waals surface area contributed by atoms with Gasteiger partial charge in [0.15, 0.2) is 0 Å². The first-order valence-electron chi connectivity index (χ1n) is 11.0. The highest BCUT2D eigenvalue weighted by Crippen LogP contribution is 2.36. The van der Waals surface area contributed by atoms with Gasteiger partial charge in [0.1, 0.15) is 45.0 Å². The number of rotatable bonds is 6. The average Bonchev–Trinajstić information content (AvgIpc) is 3.16. The molecule has 0 spiro atoms. The number of nitrogens with zero attached hydrogens (tertiary/aromatic N) is 6. The molecule has 35 heavy (non-hydrogen) atoms. The number of imidazole rings is 1. The molecule has 0 radical (unpaired) electrons. The number of fused-ring (bicyclic) bond motifs is 1. The molecule has 1 aliphatic heterocycles. The summed E-state index contributed by atoms with van der Waals surface area (Å²) in [4.78, 5) is 19.0. The molecule has 0 bridgehead atoms. The van der Waals surface area contributed by atoms with Gasteiger partial charge in [0.25, 0.3) is 0 Å². The van der Waals surface area contributed by atoms with Crippen molar-refractivity contribution in [2.45, 2.75) is 50.3 Å². The number of halogens is 3. The number of aliphatic hydroxyl groups excluding tert-OH is 1. The zero-order valence-corrected chi connectivity index (χ0v) is 20.2. The number of hydrogen-bond donors (Lipinski definition) is 2. The van der Waals surface area contributed by atoms with Crippen molar-refractivity contribution in [3.63, 3.8) is 0 Å². The first-order chi connectivity index (χ1) is 16.3. The van der Waals surface area contributed by atoms with E-state index in [0.29, 0.717) is 37.7 Å². The number of aromatic nitrogens is 5. The van der Waals surface area contributed by atoms with Gasteiger partial charge >= 0.3 is 6.18 Å². The third kappa shape index (κ3) is 5.32. The van der Waals surface area contributed by atoms with Crippen molar-refractivity contribution >= 4 is 38.5 Å². The lowest BCUT2D eigenvalue weighted by molar-refractivity contribution is -0.163. The van der Waals surface area contributed by atoms with Crippen molar-refractivity contribution in [3.05, 3.63) is 30.4 Å². The van der Waals surface area contributed by atoms with Crippen molar-refractivity contribution in [1.29, 1.82) is 0 Å². The van der Waals surface area contributed by atoms with Gasteiger partial charge in [-0.25, -0.2) is 23.4 Å². The Hall–Kier alpha value is -3.00. The lowest BCUT2D eigenvalue weighted by Gasteiger charge is -2.31. The second-order valence-corrected chi connectivity index (χ2v) is 11.0. The molecule has 190 valence electrons. The molecule has 2 N–H and O–H groups in total. The maximum Gasteiger partial charge on any atom is 0.408 e. The molecule has 0 amide bonds. The number of alkyl halides is 3. The molecule has 3 aromatic heterocycles. The predicted molar refractivity (Wildman–Crippen MR) is 124 cm³/mol. The predicted octanol–water partition coefficient (Wildman–Crippen LogP) is 3.15. The van der Waals surface area contributed by atoms with Crippen molar-refractivity contribution in [2.75, 3.05) is 29.6 Å². The minimum atomic E-state index is -4.54. The normalized spacial score (nSPS) is 17.5. The summed E-state index contributed by atoms with van der Waals surface area (Å²) in [6, 6.07) is 1.11. The molecule has 1 aliphatic rings. The molecule has 1 saturated heterocycles. The summed E-state index contributed by atoms with van der Waals surface area (Å²) in [6.45, 7) is 3.34. The van der Waals surface area contributed by atoms with Gasteiger partial charge in [0.05, 0.1) is 17.0 Å². The largest absolute Gasteiger partial charge is 0.408 e. The fourth-order valence-corrected chi connectivity index (χ4v) is 5.19. The van der Waals surface area contributed by atoms with Crippen molar-refractivity contribution in [2.24, 2.45) is 0 Å². The number of aliphatic hydroxyl groups is 1. The topological polar surface area (TPSA) is 126 Å². The van der Waals surface area contributed by atoms with Crippen LogP contribution in [0.2, 0.25) is 0 Å². The first kappa shape index (κ1) is 25.1. The highest BCUT2D eigenvalue weighted by atomic mass is 32.2. The van der Waals surface area contributed by atoms with Crippen LogP contribution >= 0.6 is 0 Å². The molecule has 1 fully saturated rings. The van der Waals surface area contributed by atoms with Crippen LogP contribution in [0.4, 0.5) is 30.8 Å². The van der Waals surface area contributed by atoms with Crippen LogP contribution < -0.4 is 10.2 Å². The van der Waals surface area contributed by atoms with E-state index in [9.17, 15) is 26.7 Å². The van der Waals surface area contributed by atoms with E-state index < -0.39 is 28.2 Å². The fourth-order valence-electron chi connectivity index (χ4n) is 4.12. The number of nitrogens with one attached hydrogen (secondary N) is 1. The lowest BCUT2D eigenvalue weighted by Crippen LogP contribution is -2.39. The standard InChI is InChI=1S/C21H26F3N7O3S/c1-12(32)19-27-15-11-26-18(10-16(15)31(19)13(2)21(22,23)24)28-17-4-7-25-20(29-17)30-8-5-14(6-9-30)35(3,33)34/h4,7,10-14,32H,5-6,8-9H2,1-3H3,(H,25,26,28,29). The van der Waals surface area contributed by atoms with Gasteiger partial charge in [-0.3, -0.25) is 0 Å². The van der Waals surface area contributed by atoms with Crippen LogP contribution in [0.15, 0.2) is 24.5 Å². The number of sulfone groups is 1. The van der Waals surface area contributed by atoms with E-state index in [1.54, 1.807) is 6.07 Å². The molecule has 0 aliphatic carbocycles. The summed E-state index contributed by atoms with van der Waals surface area (Å²) in [5.74, 6) is 0.920. The average molecular weight is 514 g/mol. The summed E-state index contributed by atoms with van der Waals surface area (Å²) in [5, 5.41) is 12.6. The van der Waals surface area contributed by atoms with E-state index in [1.807, 2.05) is 4.90 Å². The third-order valence-electron chi connectivity index (χ3n) is 6.07. The number of hydrogen-bond acceptors (Lipinski definition) is 9.